The number of sulfonamides is 1. The number of primary amides is 1. The van der Waals surface area contributed by atoms with Gasteiger partial charge >= 0.3 is 0 Å². The molecule has 7 heteroatoms. The van der Waals surface area contributed by atoms with Crippen molar-refractivity contribution < 1.29 is 13.2 Å². The van der Waals surface area contributed by atoms with Gasteiger partial charge in [-0.1, -0.05) is 23.7 Å². The average molecular weight is 339 g/mol. The van der Waals surface area contributed by atoms with Crippen molar-refractivity contribution in [2.24, 2.45) is 5.73 Å². The summed E-state index contributed by atoms with van der Waals surface area (Å²) >= 11 is 5.89. The zero-order valence-electron chi connectivity index (χ0n) is 11.9. The lowest BCUT2D eigenvalue weighted by atomic mass is 10.2. The van der Waals surface area contributed by atoms with E-state index in [1.54, 1.807) is 24.3 Å². The van der Waals surface area contributed by atoms with Crippen molar-refractivity contribution in [1.82, 2.24) is 4.31 Å². The molecular formula is C15H15ClN2O3S. The zero-order chi connectivity index (χ0) is 16.3. The van der Waals surface area contributed by atoms with Crippen molar-refractivity contribution in [2.45, 2.75) is 11.4 Å². The van der Waals surface area contributed by atoms with Gasteiger partial charge in [-0.3, -0.25) is 4.79 Å². The zero-order valence-corrected chi connectivity index (χ0v) is 13.4. The highest BCUT2D eigenvalue weighted by Gasteiger charge is 2.21. The molecule has 22 heavy (non-hydrogen) atoms. The summed E-state index contributed by atoms with van der Waals surface area (Å²) in [5.41, 5.74) is 6.18. The summed E-state index contributed by atoms with van der Waals surface area (Å²) in [4.78, 5) is 11.1. The number of carbonyl (C=O) groups is 1. The van der Waals surface area contributed by atoms with E-state index in [4.69, 9.17) is 17.3 Å². The molecule has 0 radical (unpaired) electrons. The van der Waals surface area contributed by atoms with Gasteiger partial charge in [-0.2, -0.15) is 4.31 Å². The van der Waals surface area contributed by atoms with E-state index in [1.165, 1.54) is 35.6 Å². The van der Waals surface area contributed by atoms with Crippen molar-refractivity contribution in [3.63, 3.8) is 0 Å². The maximum atomic E-state index is 12.5. The first-order valence-corrected chi connectivity index (χ1v) is 8.23. The Morgan fingerprint density at radius 1 is 1.18 bits per heavy atom. The van der Waals surface area contributed by atoms with Gasteiger partial charge in [0.2, 0.25) is 15.9 Å². The van der Waals surface area contributed by atoms with Crippen LogP contribution in [0.5, 0.6) is 0 Å². The first-order valence-electron chi connectivity index (χ1n) is 6.41. The van der Waals surface area contributed by atoms with Crippen LogP contribution in [-0.2, 0) is 16.6 Å². The summed E-state index contributed by atoms with van der Waals surface area (Å²) in [7, 11) is -2.17. The molecule has 0 atom stereocenters. The summed E-state index contributed by atoms with van der Waals surface area (Å²) in [6.07, 6.45) is 0. The number of hydrogen-bond donors (Lipinski definition) is 1. The number of benzene rings is 2. The number of carbonyl (C=O) groups excluding carboxylic acids is 1. The minimum absolute atomic E-state index is 0.0991. The van der Waals surface area contributed by atoms with E-state index in [0.717, 1.165) is 5.56 Å². The third-order valence-corrected chi connectivity index (χ3v) is 5.19. The second kappa shape index (κ2) is 6.48. The highest BCUT2D eigenvalue weighted by molar-refractivity contribution is 7.89. The van der Waals surface area contributed by atoms with E-state index in [1.807, 2.05) is 0 Å². The van der Waals surface area contributed by atoms with Crippen LogP contribution in [0, 0.1) is 0 Å². The van der Waals surface area contributed by atoms with Crippen LogP contribution in [0.3, 0.4) is 0 Å². The summed E-state index contributed by atoms with van der Waals surface area (Å²) in [6.45, 7) is 0.195. The minimum Gasteiger partial charge on any atom is -0.366 e. The Morgan fingerprint density at radius 3 is 2.36 bits per heavy atom. The van der Waals surface area contributed by atoms with Gasteiger partial charge in [0, 0.05) is 24.2 Å². The monoisotopic (exact) mass is 338 g/mol. The van der Waals surface area contributed by atoms with Crippen LogP contribution in [-0.4, -0.2) is 25.7 Å². The molecule has 0 fully saturated rings. The van der Waals surface area contributed by atoms with Gasteiger partial charge < -0.3 is 5.73 Å². The summed E-state index contributed by atoms with van der Waals surface area (Å²) in [6, 6.07) is 12.5. The summed E-state index contributed by atoms with van der Waals surface area (Å²) < 4.78 is 26.2. The Bertz CT molecular complexity index is 789. The smallest absolute Gasteiger partial charge is 0.248 e. The molecule has 2 rings (SSSR count). The van der Waals surface area contributed by atoms with Crippen molar-refractivity contribution in [1.29, 1.82) is 0 Å². The van der Waals surface area contributed by atoms with Gasteiger partial charge in [-0.15, -0.1) is 0 Å². The molecule has 0 saturated heterocycles. The quantitative estimate of drug-likeness (QED) is 0.908. The minimum atomic E-state index is -3.65. The molecule has 0 aliphatic heterocycles. The maximum absolute atomic E-state index is 12.5. The van der Waals surface area contributed by atoms with Crippen LogP contribution in [0.4, 0.5) is 0 Å². The molecule has 0 heterocycles. The molecule has 1 amide bonds. The van der Waals surface area contributed by atoms with E-state index in [-0.39, 0.29) is 17.0 Å². The molecule has 0 bridgehead atoms. The van der Waals surface area contributed by atoms with Gasteiger partial charge in [-0.25, -0.2) is 8.42 Å². The third kappa shape index (κ3) is 3.65. The number of nitrogens with zero attached hydrogens (tertiary/aromatic N) is 1. The number of amides is 1. The SMILES string of the molecule is CN(Cc1cccc(Cl)c1)S(=O)(=O)c1ccc(C(N)=O)cc1. The van der Waals surface area contributed by atoms with Crippen LogP contribution in [0.1, 0.15) is 15.9 Å². The van der Waals surface area contributed by atoms with Crippen molar-refractivity contribution in [3.8, 4) is 0 Å². The molecule has 0 aromatic heterocycles. The van der Waals surface area contributed by atoms with E-state index in [9.17, 15) is 13.2 Å². The maximum Gasteiger partial charge on any atom is 0.248 e. The van der Waals surface area contributed by atoms with Gasteiger partial charge in [0.05, 0.1) is 4.90 Å². The second-order valence-corrected chi connectivity index (χ2v) is 7.26. The lowest BCUT2D eigenvalue weighted by molar-refractivity contribution is 0.1000. The van der Waals surface area contributed by atoms with E-state index in [2.05, 4.69) is 0 Å². The lowest BCUT2D eigenvalue weighted by Gasteiger charge is -2.17. The van der Waals surface area contributed by atoms with E-state index in [0.29, 0.717) is 5.02 Å². The Morgan fingerprint density at radius 2 is 1.82 bits per heavy atom. The second-order valence-electron chi connectivity index (χ2n) is 4.78. The fraction of sp³-hybridized carbons (Fsp3) is 0.133. The van der Waals surface area contributed by atoms with Crippen molar-refractivity contribution in [2.75, 3.05) is 7.05 Å². The number of nitrogens with two attached hydrogens (primary N) is 1. The van der Waals surface area contributed by atoms with E-state index < -0.39 is 15.9 Å². The molecular weight excluding hydrogens is 324 g/mol. The van der Waals surface area contributed by atoms with Gasteiger partial charge in [0.1, 0.15) is 0 Å². The Labute approximate surface area is 134 Å². The highest BCUT2D eigenvalue weighted by Crippen LogP contribution is 2.19. The Kier molecular flexibility index (Phi) is 4.85. The van der Waals surface area contributed by atoms with Crippen LogP contribution in [0.25, 0.3) is 0 Å². The van der Waals surface area contributed by atoms with Crippen LogP contribution >= 0.6 is 11.6 Å². The fourth-order valence-corrected chi connectivity index (χ4v) is 3.32. The Balaban J connectivity index is 2.23. The van der Waals surface area contributed by atoms with Crippen LogP contribution < -0.4 is 5.73 Å². The lowest BCUT2D eigenvalue weighted by Crippen LogP contribution is -2.26. The molecule has 0 saturated carbocycles. The molecule has 2 aromatic rings. The number of hydrogen-bond acceptors (Lipinski definition) is 3. The largest absolute Gasteiger partial charge is 0.366 e. The first-order chi connectivity index (χ1) is 10.3. The van der Waals surface area contributed by atoms with Gasteiger partial charge in [0.25, 0.3) is 0 Å². The van der Waals surface area contributed by atoms with Crippen LogP contribution in [0.2, 0.25) is 5.02 Å². The molecule has 116 valence electrons. The third-order valence-electron chi connectivity index (χ3n) is 3.14. The number of halogens is 1. The normalized spacial score (nSPS) is 11.6. The molecule has 5 nitrogen and oxygen atoms in total. The average Bonchev–Trinajstić information content (AvgIpc) is 2.47. The predicted molar refractivity (Wildman–Crippen MR) is 85.1 cm³/mol. The fourth-order valence-electron chi connectivity index (χ4n) is 1.95. The molecule has 0 spiro atoms. The summed E-state index contributed by atoms with van der Waals surface area (Å²) in [5.74, 6) is -0.601. The highest BCUT2D eigenvalue weighted by atomic mass is 35.5. The molecule has 0 aliphatic rings. The van der Waals surface area contributed by atoms with Gasteiger partial charge in [-0.05, 0) is 42.0 Å². The number of rotatable bonds is 5. The van der Waals surface area contributed by atoms with Crippen molar-refractivity contribution in [3.05, 3.63) is 64.7 Å². The van der Waals surface area contributed by atoms with Crippen LogP contribution in [0.15, 0.2) is 53.4 Å². The van der Waals surface area contributed by atoms with E-state index >= 15 is 0 Å². The Hall–Kier alpha value is -1.89. The van der Waals surface area contributed by atoms with Crippen molar-refractivity contribution >= 4 is 27.5 Å². The van der Waals surface area contributed by atoms with Gasteiger partial charge in [0.15, 0.2) is 0 Å². The molecule has 0 aliphatic carbocycles. The first kappa shape index (κ1) is 16.5. The molecule has 2 N–H and O–H groups in total. The topological polar surface area (TPSA) is 80.5 Å². The summed E-state index contributed by atoms with van der Waals surface area (Å²) in [5, 5.41) is 0.550. The molecule has 0 unspecified atom stereocenters. The molecule has 2 aromatic carbocycles. The standard InChI is InChI=1S/C15H15ClN2O3S/c1-18(10-11-3-2-4-13(16)9-11)22(20,21)14-7-5-12(6-8-14)15(17)19/h2-9H,10H2,1H3,(H2,17,19). The predicted octanol–water partition coefficient (Wildman–Crippen LogP) is 2.26.